The van der Waals surface area contributed by atoms with Gasteiger partial charge in [-0.25, -0.2) is 4.98 Å². The van der Waals surface area contributed by atoms with Crippen LogP contribution in [0.25, 0.3) is 0 Å². The minimum Gasteiger partial charge on any atom is -0.342 e. The predicted octanol–water partition coefficient (Wildman–Crippen LogP) is 3.45. The Balaban J connectivity index is 1.86. The van der Waals surface area contributed by atoms with Gasteiger partial charge in [-0.1, -0.05) is 11.8 Å². The monoisotopic (exact) mass is 318 g/mol. The summed E-state index contributed by atoms with van der Waals surface area (Å²) >= 11 is 1.16. The van der Waals surface area contributed by atoms with Crippen molar-refractivity contribution in [2.75, 3.05) is 12.8 Å². The Hall–Kier alpha value is -1.24. The molecule has 1 aliphatic carbocycles. The largest absolute Gasteiger partial charge is 0.417 e. The van der Waals surface area contributed by atoms with Gasteiger partial charge in [-0.15, -0.1) is 0 Å². The van der Waals surface area contributed by atoms with Crippen molar-refractivity contribution in [3.05, 3.63) is 23.9 Å². The van der Waals surface area contributed by atoms with E-state index in [-0.39, 0.29) is 17.7 Å². The van der Waals surface area contributed by atoms with Crippen LogP contribution >= 0.6 is 11.8 Å². The average Bonchev–Trinajstić information content (AvgIpc) is 3.27. The summed E-state index contributed by atoms with van der Waals surface area (Å²) in [6.45, 7) is 2.02. The highest BCUT2D eigenvalue weighted by molar-refractivity contribution is 7.99. The molecule has 0 bridgehead atoms. The van der Waals surface area contributed by atoms with Crippen LogP contribution in [-0.4, -0.2) is 34.6 Å². The zero-order chi connectivity index (χ0) is 15.6. The molecule has 116 valence electrons. The van der Waals surface area contributed by atoms with Crippen molar-refractivity contribution in [1.29, 1.82) is 0 Å². The van der Waals surface area contributed by atoms with Crippen LogP contribution in [0.3, 0.4) is 0 Å². The van der Waals surface area contributed by atoms with E-state index in [1.807, 2.05) is 6.92 Å². The number of thioether (sulfide) groups is 1. The van der Waals surface area contributed by atoms with E-state index in [1.54, 1.807) is 11.9 Å². The molecule has 1 aromatic heterocycles. The number of amides is 1. The standard InChI is InChI=1S/C14H17F3N2OS/c1-9(10-3-4-10)19(2)13(20)8-21-12-6-5-11(7-18-12)14(15,16)17/h5-7,9-10H,3-4,8H2,1-2H3. The summed E-state index contributed by atoms with van der Waals surface area (Å²) < 4.78 is 37.2. The zero-order valence-corrected chi connectivity index (χ0v) is 12.7. The fraction of sp³-hybridized carbons (Fsp3) is 0.571. The summed E-state index contributed by atoms with van der Waals surface area (Å²) in [5.41, 5.74) is -0.780. The molecule has 1 fully saturated rings. The Labute approximate surface area is 125 Å². The van der Waals surface area contributed by atoms with Crippen LogP contribution in [-0.2, 0) is 11.0 Å². The summed E-state index contributed by atoms with van der Waals surface area (Å²) in [6, 6.07) is 2.50. The molecule has 21 heavy (non-hydrogen) atoms. The minimum absolute atomic E-state index is 0.0268. The van der Waals surface area contributed by atoms with Crippen LogP contribution in [0.2, 0.25) is 0 Å². The maximum atomic E-state index is 12.4. The van der Waals surface area contributed by atoms with Crippen molar-refractivity contribution < 1.29 is 18.0 Å². The van der Waals surface area contributed by atoms with Crippen LogP contribution in [0.1, 0.15) is 25.3 Å². The van der Waals surface area contributed by atoms with Crippen molar-refractivity contribution in [3.63, 3.8) is 0 Å². The molecule has 0 radical (unpaired) electrons. The number of hydrogen-bond acceptors (Lipinski definition) is 3. The molecule has 1 aromatic rings. The Morgan fingerprint density at radius 2 is 2.14 bits per heavy atom. The van der Waals surface area contributed by atoms with E-state index in [0.717, 1.165) is 36.9 Å². The molecule has 0 spiro atoms. The van der Waals surface area contributed by atoms with Gasteiger partial charge in [0.05, 0.1) is 16.3 Å². The highest BCUT2D eigenvalue weighted by Gasteiger charge is 2.32. The maximum Gasteiger partial charge on any atom is 0.417 e. The Morgan fingerprint density at radius 1 is 1.48 bits per heavy atom. The number of rotatable bonds is 5. The molecule has 0 N–H and O–H groups in total. The number of halogens is 3. The molecule has 3 nitrogen and oxygen atoms in total. The lowest BCUT2D eigenvalue weighted by Crippen LogP contribution is -2.37. The third-order valence-corrected chi connectivity index (χ3v) is 4.64. The van der Waals surface area contributed by atoms with Crippen molar-refractivity contribution in [2.45, 2.75) is 37.0 Å². The summed E-state index contributed by atoms with van der Waals surface area (Å²) in [4.78, 5) is 17.5. The third kappa shape index (κ3) is 4.36. The molecule has 1 heterocycles. The average molecular weight is 318 g/mol. The Bertz CT molecular complexity index is 500. The molecular weight excluding hydrogens is 301 g/mol. The summed E-state index contributed by atoms with van der Waals surface area (Å²) in [5, 5.41) is 0.420. The van der Waals surface area contributed by atoms with Crippen LogP contribution in [0.4, 0.5) is 13.2 Å². The third-order valence-electron chi connectivity index (χ3n) is 3.72. The van der Waals surface area contributed by atoms with E-state index in [9.17, 15) is 18.0 Å². The van der Waals surface area contributed by atoms with Crippen LogP contribution < -0.4 is 0 Å². The van der Waals surface area contributed by atoms with E-state index >= 15 is 0 Å². The minimum atomic E-state index is -4.38. The van der Waals surface area contributed by atoms with E-state index < -0.39 is 11.7 Å². The van der Waals surface area contributed by atoms with Gasteiger partial charge in [0.1, 0.15) is 0 Å². The number of hydrogen-bond donors (Lipinski definition) is 0. The van der Waals surface area contributed by atoms with Gasteiger partial charge in [0.15, 0.2) is 0 Å². The highest BCUT2D eigenvalue weighted by atomic mass is 32.2. The first-order valence-corrected chi connectivity index (χ1v) is 7.69. The molecule has 1 atom stereocenters. The van der Waals surface area contributed by atoms with E-state index in [4.69, 9.17) is 0 Å². The first-order valence-electron chi connectivity index (χ1n) is 6.70. The van der Waals surface area contributed by atoms with Crippen molar-refractivity contribution >= 4 is 17.7 Å². The Kier molecular flexibility index (Phi) is 4.81. The molecule has 0 saturated heterocycles. The van der Waals surface area contributed by atoms with Gasteiger partial charge >= 0.3 is 6.18 Å². The topological polar surface area (TPSA) is 33.2 Å². The number of alkyl halides is 3. The van der Waals surface area contributed by atoms with Gasteiger partial charge in [0.25, 0.3) is 0 Å². The SMILES string of the molecule is CC(C1CC1)N(C)C(=O)CSc1ccc(C(F)(F)F)cn1. The molecule has 1 amide bonds. The van der Waals surface area contributed by atoms with Gasteiger partial charge in [0, 0.05) is 19.3 Å². The lowest BCUT2D eigenvalue weighted by Gasteiger charge is -2.24. The van der Waals surface area contributed by atoms with E-state index in [1.165, 1.54) is 6.07 Å². The van der Waals surface area contributed by atoms with Gasteiger partial charge in [-0.05, 0) is 37.8 Å². The zero-order valence-electron chi connectivity index (χ0n) is 11.9. The molecular formula is C14H17F3N2OS. The summed E-state index contributed by atoms with van der Waals surface area (Å²) in [6.07, 6.45) is -1.27. The summed E-state index contributed by atoms with van der Waals surface area (Å²) in [5.74, 6) is 0.751. The van der Waals surface area contributed by atoms with Crippen molar-refractivity contribution in [2.24, 2.45) is 5.92 Å². The van der Waals surface area contributed by atoms with Crippen LogP contribution in [0.5, 0.6) is 0 Å². The Morgan fingerprint density at radius 3 is 2.62 bits per heavy atom. The maximum absolute atomic E-state index is 12.4. The predicted molar refractivity (Wildman–Crippen MR) is 74.9 cm³/mol. The fourth-order valence-corrected chi connectivity index (χ4v) is 2.76. The molecule has 1 aliphatic rings. The quantitative estimate of drug-likeness (QED) is 0.780. The fourth-order valence-electron chi connectivity index (χ4n) is 1.99. The lowest BCUT2D eigenvalue weighted by molar-refractivity contribution is -0.138. The molecule has 2 rings (SSSR count). The second-order valence-electron chi connectivity index (χ2n) is 5.25. The first-order chi connectivity index (χ1) is 9.79. The van der Waals surface area contributed by atoms with Crippen molar-refractivity contribution in [1.82, 2.24) is 9.88 Å². The smallest absolute Gasteiger partial charge is 0.342 e. The van der Waals surface area contributed by atoms with Gasteiger partial charge < -0.3 is 4.90 Å². The highest BCUT2D eigenvalue weighted by Crippen LogP contribution is 2.35. The summed E-state index contributed by atoms with van der Waals surface area (Å²) in [7, 11) is 1.77. The van der Waals surface area contributed by atoms with Crippen LogP contribution in [0, 0.1) is 5.92 Å². The number of carbonyl (C=O) groups is 1. The lowest BCUT2D eigenvalue weighted by atomic mass is 10.2. The molecule has 0 aliphatic heterocycles. The number of pyridine rings is 1. The van der Waals surface area contributed by atoms with E-state index in [0.29, 0.717) is 10.9 Å². The second-order valence-corrected chi connectivity index (χ2v) is 6.25. The molecule has 7 heteroatoms. The normalized spacial score (nSPS) is 16.6. The van der Waals surface area contributed by atoms with Gasteiger partial charge in [-0.2, -0.15) is 13.2 Å². The van der Waals surface area contributed by atoms with Crippen molar-refractivity contribution in [3.8, 4) is 0 Å². The van der Waals surface area contributed by atoms with Gasteiger partial charge in [-0.3, -0.25) is 4.79 Å². The molecule has 1 unspecified atom stereocenters. The number of carbonyl (C=O) groups excluding carboxylic acids is 1. The van der Waals surface area contributed by atoms with Crippen LogP contribution in [0.15, 0.2) is 23.4 Å². The molecule has 0 aromatic carbocycles. The number of aromatic nitrogens is 1. The second kappa shape index (κ2) is 6.25. The first kappa shape index (κ1) is 16.1. The molecule has 1 saturated carbocycles. The van der Waals surface area contributed by atoms with E-state index in [2.05, 4.69) is 4.98 Å². The number of nitrogens with zero attached hydrogens (tertiary/aromatic N) is 2. The van der Waals surface area contributed by atoms with Gasteiger partial charge in [0.2, 0.25) is 5.91 Å².